The Kier molecular flexibility index (Phi) is 4.64. The molecule has 0 bridgehead atoms. The molecule has 2 aromatic rings. The molecule has 0 fully saturated rings. The molecule has 1 heterocycles. The van der Waals surface area contributed by atoms with Crippen molar-refractivity contribution in [1.82, 2.24) is 9.13 Å². The van der Waals surface area contributed by atoms with Crippen molar-refractivity contribution >= 4 is 0 Å². The third-order valence-electron chi connectivity index (χ3n) is 3.12. The molecule has 0 aliphatic heterocycles. The Morgan fingerprint density at radius 3 is 2.38 bits per heavy atom. The molecule has 0 radical (unpaired) electrons. The predicted octanol–water partition coefficient (Wildman–Crippen LogP) is 0.685. The average Bonchev–Trinajstić information content (AvgIpc) is 2.45. The Labute approximate surface area is 119 Å². The van der Waals surface area contributed by atoms with Crippen LogP contribution < -0.4 is 17.0 Å². The van der Waals surface area contributed by atoms with Gasteiger partial charge < -0.3 is 5.73 Å². The second kappa shape index (κ2) is 6.45. The van der Waals surface area contributed by atoms with Crippen molar-refractivity contribution in [3.63, 3.8) is 0 Å². The lowest BCUT2D eigenvalue weighted by atomic mass is 10.2. The van der Waals surface area contributed by atoms with Gasteiger partial charge in [0.25, 0.3) is 5.56 Å². The highest BCUT2D eigenvalue weighted by Crippen LogP contribution is 2.12. The lowest BCUT2D eigenvalue weighted by Gasteiger charge is -2.10. The van der Waals surface area contributed by atoms with Gasteiger partial charge in [-0.15, -0.1) is 0 Å². The summed E-state index contributed by atoms with van der Waals surface area (Å²) in [5, 5.41) is 0. The largest absolute Gasteiger partial charge is 0.331 e. The summed E-state index contributed by atoms with van der Waals surface area (Å²) < 4.78 is 29.3. The topological polar surface area (TPSA) is 70.0 Å². The summed E-state index contributed by atoms with van der Waals surface area (Å²) in [5.74, 6) is -1.47. The molecule has 1 aromatic heterocycles. The highest BCUT2D eigenvalue weighted by atomic mass is 19.1. The molecule has 5 nitrogen and oxygen atoms in total. The van der Waals surface area contributed by atoms with E-state index in [9.17, 15) is 18.4 Å². The molecule has 0 amide bonds. The van der Waals surface area contributed by atoms with Gasteiger partial charge in [-0.1, -0.05) is 6.07 Å². The molecule has 0 aliphatic rings. The molecule has 0 atom stereocenters. The molecule has 0 unspecified atom stereocenters. The molecule has 21 heavy (non-hydrogen) atoms. The van der Waals surface area contributed by atoms with Gasteiger partial charge in [-0.2, -0.15) is 0 Å². The number of rotatable bonds is 5. The molecular weight excluding hydrogens is 280 g/mol. The van der Waals surface area contributed by atoms with E-state index < -0.39 is 22.9 Å². The molecule has 7 heteroatoms. The van der Waals surface area contributed by atoms with E-state index in [4.69, 9.17) is 5.73 Å². The Bertz CT molecular complexity index is 732. The Morgan fingerprint density at radius 2 is 1.76 bits per heavy atom. The lowest BCUT2D eigenvalue weighted by Crippen LogP contribution is -2.39. The van der Waals surface area contributed by atoms with Gasteiger partial charge in [0, 0.05) is 24.4 Å². The maximum Gasteiger partial charge on any atom is 0.331 e. The zero-order valence-electron chi connectivity index (χ0n) is 11.3. The van der Waals surface area contributed by atoms with Crippen LogP contribution in [-0.4, -0.2) is 15.7 Å². The van der Waals surface area contributed by atoms with Crippen LogP contribution in [0.4, 0.5) is 8.78 Å². The van der Waals surface area contributed by atoms with Gasteiger partial charge >= 0.3 is 5.69 Å². The average molecular weight is 295 g/mol. The van der Waals surface area contributed by atoms with Gasteiger partial charge in [0.2, 0.25) is 0 Å². The summed E-state index contributed by atoms with van der Waals surface area (Å²) in [5.41, 5.74) is 4.06. The van der Waals surface area contributed by atoms with Crippen LogP contribution in [0.25, 0.3) is 0 Å². The number of halogens is 2. The van der Waals surface area contributed by atoms with Crippen LogP contribution in [0.1, 0.15) is 12.0 Å². The third-order valence-corrected chi connectivity index (χ3v) is 3.12. The molecule has 2 N–H and O–H groups in total. The van der Waals surface area contributed by atoms with Gasteiger partial charge in [0.15, 0.2) is 0 Å². The summed E-state index contributed by atoms with van der Waals surface area (Å²) in [6, 6.07) is 4.68. The fourth-order valence-corrected chi connectivity index (χ4v) is 1.99. The van der Waals surface area contributed by atoms with Crippen LogP contribution in [0.5, 0.6) is 0 Å². The maximum atomic E-state index is 13.6. The van der Waals surface area contributed by atoms with Gasteiger partial charge in [-0.25, -0.2) is 13.6 Å². The number of benzene rings is 1. The molecule has 112 valence electrons. The Morgan fingerprint density at radius 1 is 1.10 bits per heavy atom. The molecular formula is C14H15F2N3O2. The van der Waals surface area contributed by atoms with E-state index in [0.717, 1.165) is 21.3 Å². The molecule has 0 aliphatic carbocycles. The van der Waals surface area contributed by atoms with E-state index in [2.05, 4.69) is 0 Å². The first-order valence-corrected chi connectivity index (χ1v) is 6.48. The molecule has 0 saturated carbocycles. The van der Waals surface area contributed by atoms with Crippen LogP contribution >= 0.6 is 0 Å². The summed E-state index contributed by atoms with van der Waals surface area (Å²) >= 11 is 0. The van der Waals surface area contributed by atoms with E-state index >= 15 is 0 Å². The number of hydrogen-bond donors (Lipinski definition) is 1. The van der Waals surface area contributed by atoms with Gasteiger partial charge in [0.05, 0.1) is 6.54 Å². The van der Waals surface area contributed by atoms with Crippen molar-refractivity contribution in [2.45, 2.75) is 19.5 Å². The summed E-state index contributed by atoms with van der Waals surface area (Å²) in [6.45, 7) is 0.234. The Balaban J connectivity index is 2.42. The number of nitrogens with zero attached hydrogens (tertiary/aromatic N) is 2. The predicted molar refractivity (Wildman–Crippen MR) is 74.1 cm³/mol. The SMILES string of the molecule is NCCCn1c(=O)ccn(Cc2c(F)cccc2F)c1=O. The third kappa shape index (κ3) is 3.25. The first kappa shape index (κ1) is 15.1. The molecule has 0 saturated heterocycles. The minimum Gasteiger partial charge on any atom is -0.330 e. The van der Waals surface area contributed by atoms with Crippen LogP contribution in [-0.2, 0) is 13.1 Å². The molecule has 0 spiro atoms. The fraction of sp³-hybridized carbons (Fsp3) is 0.286. The molecule has 1 aromatic carbocycles. The summed E-state index contributed by atoms with van der Waals surface area (Å²) in [4.78, 5) is 23.8. The van der Waals surface area contributed by atoms with Crippen molar-refractivity contribution in [2.24, 2.45) is 5.73 Å². The van der Waals surface area contributed by atoms with Gasteiger partial charge in [-0.3, -0.25) is 13.9 Å². The van der Waals surface area contributed by atoms with Crippen LogP contribution in [0.15, 0.2) is 40.1 Å². The van der Waals surface area contributed by atoms with Crippen molar-refractivity contribution < 1.29 is 8.78 Å². The minimum absolute atomic E-state index is 0.175. The second-order valence-corrected chi connectivity index (χ2v) is 4.56. The standard InChI is InChI=1S/C14H15F2N3O2/c15-11-3-1-4-12(16)10(11)9-18-8-5-13(20)19(14(18)21)7-2-6-17/h1,3-5,8H,2,6-7,9,17H2. The zero-order valence-corrected chi connectivity index (χ0v) is 11.3. The normalized spacial score (nSPS) is 10.8. The highest BCUT2D eigenvalue weighted by Gasteiger charge is 2.11. The first-order chi connectivity index (χ1) is 10.0. The van der Waals surface area contributed by atoms with Crippen molar-refractivity contribution in [3.05, 3.63) is 68.5 Å². The smallest absolute Gasteiger partial charge is 0.330 e. The van der Waals surface area contributed by atoms with E-state index in [-0.39, 0.29) is 18.7 Å². The van der Waals surface area contributed by atoms with Crippen molar-refractivity contribution in [3.8, 4) is 0 Å². The quantitative estimate of drug-likeness (QED) is 0.882. The van der Waals surface area contributed by atoms with E-state index in [1.807, 2.05) is 0 Å². The van der Waals surface area contributed by atoms with E-state index in [1.54, 1.807) is 0 Å². The number of aromatic nitrogens is 2. The fourth-order valence-electron chi connectivity index (χ4n) is 1.99. The van der Waals surface area contributed by atoms with E-state index in [1.165, 1.54) is 18.3 Å². The first-order valence-electron chi connectivity index (χ1n) is 6.48. The molecule has 2 rings (SSSR count). The lowest BCUT2D eigenvalue weighted by molar-refractivity contribution is 0.518. The van der Waals surface area contributed by atoms with Crippen molar-refractivity contribution in [1.29, 1.82) is 0 Å². The minimum atomic E-state index is -0.735. The van der Waals surface area contributed by atoms with Crippen LogP contribution in [0.2, 0.25) is 0 Å². The number of hydrogen-bond acceptors (Lipinski definition) is 3. The second-order valence-electron chi connectivity index (χ2n) is 4.56. The Hall–Kier alpha value is -2.28. The monoisotopic (exact) mass is 295 g/mol. The van der Waals surface area contributed by atoms with Crippen LogP contribution in [0, 0.1) is 11.6 Å². The van der Waals surface area contributed by atoms with Gasteiger partial charge in [-0.05, 0) is 25.1 Å². The van der Waals surface area contributed by atoms with Crippen LogP contribution in [0.3, 0.4) is 0 Å². The highest BCUT2D eigenvalue weighted by molar-refractivity contribution is 5.20. The maximum absolute atomic E-state index is 13.6. The zero-order chi connectivity index (χ0) is 15.4. The van der Waals surface area contributed by atoms with E-state index in [0.29, 0.717) is 13.0 Å². The van der Waals surface area contributed by atoms with Crippen molar-refractivity contribution in [2.75, 3.05) is 6.54 Å². The summed E-state index contributed by atoms with van der Waals surface area (Å²) in [6.07, 6.45) is 1.70. The number of nitrogens with two attached hydrogens (primary N) is 1. The summed E-state index contributed by atoms with van der Waals surface area (Å²) in [7, 11) is 0. The van der Waals surface area contributed by atoms with Gasteiger partial charge in [0.1, 0.15) is 11.6 Å².